The van der Waals surface area contributed by atoms with Crippen LogP contribution in [0.15, 0.2) is 24.3 Å². The zero-order chi connectivity index (χ0) is 10.0. The van der Waals surface area contributed by atoms with Crippen molar-refractivity contribution in [3.05, 3.63) is 34.9 Å². The van der Waals surface area contributed by atoms with E-state index in [0.717, 1.165) is 5.56 Å². The fourth-order valence-corrected chi connectivity index (χ4v) is 1.95. The third kappa shape index (κ3) is 2.25. The summed E-state index contributed by atoms with van der Waals surface area (Å²) >= 11 is 5.82. The molecule has 0 N–H and O–H groups in total. The Bertz CT molecular complexity index is 321. The smallest absolute Gasteiger partial charge is 0.140 e. The second-order valence-corrected chi connectivity index (χ2v) is 4.20. The van der Waals surface area contributed by atoms with Crippen molar-refractivity contribution in [2.24, 2.45) is 0 Å². The summed E-state index contributed by atoms with van der Waals surface area (Å²) in [6.45, 7) is 0.733. The molecule has 3 heteroatoms. The van der Waals surface area contributed by atoms with Crippen molar-refractivity contribution in [3.8, 4) is 0 Å². The van der Waals surface area contributed by atoms with Crippen LogP contribution in [0.3, 0.4) is 0 Å². The van der Waals surface area contributed by atoms with Gasteiger partial charge in [0, 0.05) is 24.5 Å². The second-order valence-electron chi connectivity index (χ2n) is 3.76. The summed E-state index contributed by atoms with van der Waals surface area (Å²) in [4.78, 5) is 0. The van der Waals surface area contributed by atoms with Gasteiger partial charge in [0.25, 0.3) is 0 Å². The summed E-state index contributed by atoms with van der Waals surface area (Å²) in [5.41, 5.74) is -0.254. The van der Waals surface area contributed by atoms with Gasteiger partial charge in [0.15, 0.2) is 0 Å². The van der Waals surface area contributed by atoms with E-state index in [2.05, 4.69) is 0 Å². The summed E-state index contributed by atoms with van der Waals surface area (Å²) in [5, 5.41) is 0.657. The van der Waals surface area contributed by atoms with Gasteiger partial charge in [0.1, 0.15) is 5.67 Å². The molecule has 2 rings (SSSR count). The Kier molecular flexibility index (Phi) is 2.75. The van der Waals surface area contributed by atoms with Crippen LogP contribution in [0.2, 0.25) is 5.02 Å². The maximum atomic E-state index is 14.0. The van der Waals surface area contributed by atoms with Crippen LogP contribution in [0.1, 0.15) is 12.0 Å². The van der Waals surface area contributed by atoms with Crippen molar-refractivity contribution >= 4 is 11.6 Å². The highest BCUT2D eigenvalue weighted by Crippen LogP contribution is 2.28. The Balaban J connectivity index is 2.10. The van der Waals surface area contributed by atoms with Gasteiger partial charge < -0.3 is 4.74 Å². The molecule has 0 spiro atoms. The van der Waals surface area contributed by atoms with Crippen LogP contribution in [0, 0.1) is 0 Å². The van der Waals surface area contributed by atoms with Crippen molar-refractivity contribution < 1.29 is 9.13 Å². The van der Waals surface area contributed by atoms with Gasteiger partial charge in [-0.1, -0.05) is 23.7 Å². The summed E-state index contributed by atoms with van der Waals surface area (Å²) in [5.74, 6) is 0. The molecule has 0 radical (unpaired) electrons. The molecule has 1 nitrogen and oxygen atoms in total. The van der Waals surface area contributed by atoms with Crippen LogP contribution in [0.25, 0.3) is 0 Å². The highest BCUT2D eigenvalue weighted by molar-refractivity contribution is 6.30. The number of hydrogen-bond donors (Lipinski definition) is 0. The van der Waals surface area contributed by atoms with Crippen LogP contribution in [-0.4, -0.2) is 18.9 Å². The first-order chi connectivity index (χ1) is 6.68. The average Bonchev–Trinajstić information content (AvgIpc) is 2.51. The van der Waals surface area contributed by atoms with Crippen molar-refractivity contribution in [3.63, 3.8) is 0 Å². The molecular weight excluding hydrogens is 203 g/mol. The number of alkyl halides is 1. The quantitative estimate of drug-likeness (QED) is 0.736. The van der Waals surface area contributed by atoms with Crippen molar-refractivity contribution in [2.45, 2.75) is 18.5 Å². The minimum absolute atomic E-state index is 0.208. The molecule has 1 unspecified atom stereocenters. The number of halogens is 2. The van der Waals surface area contributed by atoms with E-state index in [9.17, 15) is 4.39 Å². The molecule has 76 valence electrons. The Labute approximate surface area is 87.8 Å². The zero-order valence-corrected chi connectivity index (χ0v) is 8.56. The molecule has 0 saturated carbocycles. The van der Waals surface area contributed by atoms with Crippen LogP contribution in [0.5, 0.6) is 0 Å². The third-order valence-electron chi connectivity index (χ3n) is 2.47. The first kappa shape index (κ1) is 9.94. The summed E-state index contributed by atoms with van der Waals surface area (Å²) in [6, 6.07) is 7.34. The molecule has 1 aliphatic rings. The normalized spacial score (nSPS) is 26.7. The molecule has 0 aliphatic carbocycles. The molecule has 1 saturated heterocycles. The lowest BCUT2D eigenvalue weighted by atomic mass is 9.96. The van der Waals surface area contributed by atoms with E-state index in [4.69, 9.17) is 16.3 Å². The second kappa shape index (κ2) is 3.87. The van der Waals surface area contributed by atoms with Gasteiger partial charge in [-0.25, -0.2) is 4.39 Å². The van der Waals surface area contributed by atoms with E-state index in [1.54, 1.807) is 12.1 Å². The maximum absolute atomic E-state index is 14.0. The molecule has 1 aliphatic heterocycles. The number of benzene rings is 1. The van der Waals surface area contributed by atoms with E-state index in [-0.39, 0.29) is 6.61 Å². The molecule has 1 aromatic carbocycles. The van der Waals surface area contributed by atoms with Gasteiger partial charge in [0.2, 0.25) is 0 Å². The first-order valence-electron chi connectivity index (χ1n) is 4.69. The minimum atomic E-state index is -1.19. The van der Waals surface area contributed by atoms with Gasteiger partial charge in [-0.2, -0.15) is 0 Å². The molecule has 0 amide bonds. The zero-order valence-electron chi connectivity index (χ0n) is 7.80. The predicted octanol–water partition coefficient (Wildman–Crippen LogP) is 3.01. The fraction of sp³-hybridized carbons (Fsp3) is 0.455. The van der Waals surface area contributed by atoms with Gasteiger partial charge in [-0.05, 0) is 17.7 Å². The maximum Gasteiger partial charge on any atom is 0.140 e. The summed E-state index contributed by atoms with van der Waals surface area (Å²) < 4.78 is 19.0. The van der Waals surface area contributed by atoms with Crippen LogP contribution in [0.4, 0.5) is 4.39 Å². The van der Waals surface area contributed by atoms with Crippen LogP contribution >= 0.6 is 11.6 Å². The van der Waals surface area contributed by atoms with Crippen LogP contribution < -0.4 is 0 Å². The van der Waals surface area contributed by atoms with Crippen molar-refractivity contribution in [1.82, 2.24) is 0 Å². The van der Waals surface area contributed by atoms with Gasteiger partial charge in [-0.3, -0.25) is 0 Å². The van der Waals surface area contributed by atoms with Gasteiger partial charge in [-0.15, -0.1) is 0 Å². The van der Waals surface area contributed by atoms with E-state index < -0.39 is 5.67 Å². The molecule has 1 atom stereocenters. The van der Waals surface area contributed by atoms with Crippen molar-refractivity contribution in [1.29, 1.82) is 0 Å². The molecule has 1 heterocycles. The van der Waals surface area contributed by atoms with Crippen molar-refractivity contribution in [2.75, 3.05) is 13.2 Å². The molecule has 1 aromatic rings. The Morgan fingerprint density at radius 3 is 3.00 bits per heavy atom. The molecular formula is C11H12ClFO. The topological polar surface area (TPSA) is 9.23 Å². The molecule has 1 fully saturated rings. The highest BCUT2D eigenvalue weighted by atomic mass is 35.5. The third-order valence-corrected chi connectivity index (χ3v) is 2.70. The van der Waals surface area contributed by atoms with Gasteiger partial charge >= 0.3 is 0 Å². The minimum Gasteiger partial charge on any atom is -0.378 e. The Hall–Kier alpha value is -0.600. The summed E-state index contributed by atoms with van der Waals surface area (Å²) in [6.07, 6.45) is 0.882. The number of rotatable bonds is 2. The van der Waals surface area contributed by atoms with Gasteiger partial charge in [0.05, 0.1) is 6.61 Å². The number of ether oxygens (including phenoxy) is 1. The lowest BCUT2D eigenvalue weighted by Crippen LogP contribution is -2.25. The largest absolute Gasteiger partial charge is 0.378 e. The van der Waals surface area contributed by atoms with E-state index in [1.165, 1.54) is 0 Å². The summed E-state index contributed by atoms with van der Waals surface area (Å²) in [7, 11) is 0. The average molecular weight is 215 g/mol. The van der Waals surface area contributed by atoms with Crippen LogP contribution in [-0.2, 0) is 11.2 Å². The highest BCUT2D eigenvalue weighted by Gasteiger charge is 2.34. The lowest BCUT2D eigenvalue weighted by molar-refractivity contribution is 0.112. The lowest BCUT2D eigenvalue weighted by Gasteiger charge is -2.16. The molecule has 0 bridgehead atoms. The Morgan fingerprint density at radius 2 is 2.36 bits per heavy atom. The fourth-order valence-electron chi connectivity index (χ4n) is 1.73. The first-order valence-corrected chi connectivity index (χ1v) is 5.07. The predicted molar refractivity (Wildman–Crippen MR) is 54.4 cm³/mol. The standard InChI is InChI=1S/C11H12ClFO/c12-10-3-1-2-9(6-10)7-11(13)4-5-14-8-11/h1-3,6H,4-5,7-8H2. The van der Waals surface area contributed by atoms with E-state index in [0.29, 0.717) is 24.5 Å². The molecule has 14 heavy (non-hydrogen) atoms. The monoisotopic (exact) mass is 214 g/mol. The number of hydrogen-bond acceptors (Lipinski definition) is 1. The van der Waals surface area contributed by atoms with E-state index >= 15 is 0 Å². The SMILES string of the molecule is FC1(Cc2cccc(Cl)c2)CCOC1. The van der Waals surface area contributed by atoms with E-state index in [1.807, 2.05) is 12.1 Å². The Morgan fingerprint density at radius 1 is 1.50 bits per heavy atom. The molecule has 0 aromatic heterocycles.